The van der Waals surface area contributed by atoms with E-state index >= 15 is 0 Å². The minimum absolute atomic E-state index is 0.103. The second-order valence-electron chi connectivity index (χ2n) is 10.9. The van der Waals surface area contributed by atoms with Gasteiger partial charge in [0.25, 0.3) is 5.91 Å². The Morgan fingerprint density at radius 3 is 2.49 bits per heavy atom. The van der Waals surface area contributed by atoms with Crippen LogP contribution in [0.25, 0.3) is 5.65 Å². The average Bonchev–Trinajstić information content (AvgIpc) is 3.34. The first-order valence-corrected chi connectivity index (χ1v) is 14.5. The SMILES string of the molecule is COc1cc2c(cc1OC)C1c3ccc(cc3)OCCOCCN(C(=O)c3c(C)nc4cc(C)ccn34)CC(=O)N1CC2. The Hall–Kier alpha value is -4.57. The Morgan fingerprint density at radius 2 is 1.72 bits per heavy atom. The average molecular weight is 585 g/mol. The minimum atomic E-state index is -0.385. The number of amides is 2. The van der Waals surface area contributed by atoms with Crippen LogP contribution in [0.3, 0.4) is 0 Å². The molecule has 224 valence electrons. The van der Waals surface area contributed by atoms with Crippen LogP contribution in [0.4, 0.5) is 0 Å². The Bertz CT molecular complexity index is 1660. The molecule has 2 aromatic heterocycles. The number of aryl methyl sites for hydroxylation is 2. The summed E-state index contributed by atoms with van der Waals surface area (Å²) in [4.78, 5) is 36.4. The van der Waals surface area contributed by atoms with Crippen LogP contribution in [0.2, 0.25) is 0 Å². The first-order valence-electron chi connectivity index (χ1n) is 14.5. The second-order valence-corrected chi connectivity index (χ2v) is 10.9. The van der Waals surface area contributed by atoms with E-state index in [-0.39, 0.29) is 37.6 Å². The first kappa shape index (κ1) is 28.5. The van der Waals surface area contributed by atoms with Gasteiger partial charge in [0.2, 0.25) is 5.91 Å². The zero-order chi connectivity index (χ0) is 30.1. The highest BCUT2D eigenvalue weighted by atomic mass is 16.5. The Balaban J connectivity index is 1.40. The number of benzene rings is 2. The molecule has 3 aliphatic heterocycles. The van der Waals surface area contributed by atoms with E-state index in [1.807, 2.05) is 73.5 Å². The molecule has 2 amide bonds. The second kappa shape index (κ2) is 12.0. The number of carbonyl (C=O) groups is 2. The maximum atomic E-state index is 14.2. The van der Waals surface area contributed by atoms with Gasteiger partial charge in [-0.1, -0.05) is 12.1 Å². The fourth-order valence-corrected chi connectivity index (χ4v) is 5.99. The van der Waals surface area contributed by atoms with Crippen molar-refractivity contribution in [3.63, 3.8) is 0 Å². The summed E-state index contributed by atoms with van der Waals surface area (Å²) in [5, 5.41) is 0. The lowest BCUT2D eigenvalue weighted by atomic mass is 9.87. The molecule has 0 N–H and O–H groups in total. The van der Waals surface area contributed by atoms with Crippen molar-refractivity contribution in [3.05, 3.63) is 88.4 Å². The van der Waals surface area contributed by atoms with Gasteiger partial charge in [-0.3, -0.25) is 14.0 Å². The van der Waals surface area contributed by atoms with Crippen molar-refractivity contribution in [2.24, 2.45) is 0 Å². The number of hydrogen-bond acceptors (Lipinski definition) is 7. The molecule has 10 nitrogen and oxygen atoms in total. The number of methoxy groups -OCH3 is 2. The molecule has 7 rings (SSSR count). The number of pyridine rings is 1. The van der Waals surface area contributed by atoms with Crippen molar-refractivity contribution >= 4 is 17.5 Å². The van der Waals surface area contributed by atoms with Gasteiger partial charge in [-0.2, -0.15) is 0 Å². The highest BCUT2D eigenvalue weighted by molar-refractivity contribution is 5.97. The van der Waals surface area contributed by atoms with Crippen LogP contribution < -0.4 is 14.2 Å². The van der Waals surface area contributed by atoms with E-state index in [0.717, 1.165) is 28.0 Å². The quantitative estimate of drug-likeness (QED) is 0.336. The molecule has 1 unspecified atom stereocenters. The number of imidazole rings is 1. The van der Waals surface area contributed by atoms with Gasteiger partial charge in [-0.25, -0.2) is 4.98 Å². The highest BCUT2D eigenvalue weighted by Gasteiger charge is 2.35. The molecule has 2 bridgehead atoms. The first-order chi connectivity index (χ1) is 20.9. The topological polar surface area (TPSA) is 94.8 Å². The molecule has 3 aliphatic rings. The maximum Gasteiger partial charge on any atom is 0.273 e. The summed E-state index contributed by atoms with van der Waals surface area (Å²) in [6, 6.07) is 15.2. The van der Waals surface area contributed by atoms with Gasteiger partial charge in [0, 0.05) is 19.3 Å². The summed E-state index contributed by atoms with van der Waals surface area (Å²) >= 11 is 0. The third-order valence-electron chi connectivity index (χ3n) is 8.16. The fraction of sp³-hybridized carbons (Fsp3) is 0.364. The number of rotatable bonds is 3. The molecule has 43 heavy (non-hydrogen) atoms. The van der Waals surface area contributed by atoms with E-state index < -0.39 is 0 Å². The third kappa shape index (κ3) is 5.50. The Kier molecular flexibility index (Phi) is 7.94. The van der Waals surface area contributed by atoms with Crippen LogP contribution in [0.15, 0.2) is 54.7 Å². The lowest BCUT2D eigenvalue weighted by Crippen LogP contribution is -2.48. The fourth-order valence-electron chi connectivity index (χ4n) is 5.99. The van der Waals surface area contributed by atoms with Gasteiger partial charge in [0.15, 0.2) is 11.5 Å². The summed E-state index contributed by atoms with van der Waals surface area (Å²) < 4.78 is 24.7. The van der Waals surface area contributed by atoms with Gasteiger partial charge in [-0.15, -0.1) is 0 Å². The van der Waals surface area contributed by atoms with Gasteiger partial charge >= 0.3 is 0 Å². The molecule has 0 aliphatic carbocycles. The molecular formula is C33H36N4O6. The molecular weight excluding hydrogens is 548 g/mol. The third-order valence-corrected chi connectivity index (χ3v) is 8.16. The van der Waals surface area contributed by atoms with Crippen LogP contribution in [0.1, 0.15) is 44.5 Å². The zero-order valence-electron chi connectivity index (χ0n) is 25.0. The zero-order valence-corrected chi connectivity index (χ0v) is 25.0. The van der Waals surface area contributed by atoms with Crippen LogP contribution in [-0.2, 0) is 16.0 Å². The molecule has 0 radical (unpaired) electrons. The Morgan fingerprint density at radius 1 is 0.953 bits per heavy atom. The van der Waals surface area contributed by atoms with Crippen LogP contribution in [0.5, 0.6) is 17.2 Å². The number of aromatic nitrogens is 2. The molecule has 2 aromatic carbocycles. The molecule has 1 atom stereocenters. The van der Waals surface area contributed by atoms with E-state index in [1.54, 1.807) is 23.5 Å². The monoisotopic (exact) mass is 584 g/mol. The summed E-state index contributed by atoms with van der Waals surface area (Å²) in [6.07, 6.45) is 2.49. The van der Waals surface area contributed by atoms with Crippen molar-refractivity contribution in [3.8, 4) is 17.2 Å². The van der Waals surface area contributed by atoms with E-state index in [1.165, 1.54) is 0 Å². The predicted octanol–water partition coefficient (Wildman–Crippen LogP) is 3.99. The molecule has 0 saturated carbocycles. The normalized spacial score (nSPS) is 17.5. The van der Waals surface area contributed by atoms with E-state index in [2.05, 4.69) is 4.98 Å². The number of carbonyl (C=O) groups excluding carboxylic acids is 2. The Labute approximate surface area is 250 Å². The number of nitrogens with zero attached hydrogens (tertiary/aromatic N) is 4. The van der Waals surface area contributed by atoms with Crippen LogP contribution in [-0.4, -0.2) is 84.7 Å². The molecule has 0 spiro atoms. The molecule has 4 aromatic rings. The molecule has 0 saturated heterocycles. The van der Waals surface area contributed by atoms with Crippen LogP contribution in [0, 0.1) is 13.8 Å². The van der Waals surface area contributed by atoms with E-state index in [0.29, 0.717) is 54.7 Å². The van der Waals surface area contributed by atoms with E-state index in [4.69, 9.17) is 18.9 Å². The standard InChI is InChI=1S/C33H36N4O6/c1-21-9-11-36-29(17-21)34-22(2)31(36)33(39)35-13-14-42-15-16-43-25-7-5-23(6-8-25)32-26-19-28(41-4)27(40-3)18-24(26)10-12-37(32)30(38)20-35/h5-9,11,17-19,32H,10,12-16,20H2,1-4H3. The van der Waals surface area contributed by atoms with Gasteiger partial charge < -0.3 is 28.7 Å². The van der Waals surface area contributed by atoms with Crippen molar-refractivity contribution in [2.45, 2.75) is 26.3 Å². The minimum Gasteiger partial charge on any atom is -0.493 e. The summed E-state index contributed by atoms with van der Waals surface area (Å²) in [5.74, 6) is 1.54. The summed E-state index contributed by atoms with van der Waals surface area (Å²) in [5.41, 5.74) is 5.78. The van der Waals surface area contributed by atoms with E-state index in [9.17, 15) is 9.59 Å². The molecule has 5 heterocycles. The van der Waals surface area contributed by atoms with Crippen molar-refractivity contribution in [1.82, 2.24) is 19.2 Å². The lowest BCUT2D eigenvalue weighted by Gasteiger charge is -2.39. The van der Waals surface area contributed by atoms with Crippen LogP contribution >= 0.6 is 0 Å². The summed E-state index contributed by atoms with van der Waals surface area (Å²) in [7, 11) is 3.22. The van der Waals surface area contributed by atoms with Crippen molar-refractivity contribution in [1.29, 1.82) is 0 Å². The molecule has 0 fully saturated rings. The largest absolute Gasteiger partial charge is 0.493 e. The number of hydrogen-bond donors (Lipinski definition) is 0. The maximum absolute atomic E-state index is 14.2. The van der Waals surface area contributed by atoms with Gasteiger partial charge in [-0.05, 0) is 78.9 Å². The van der Waals surface area contributed by atoms with Gasteiger partial charge in [0.05, 0.1) is 39.2 Å². The van der Waals surface area contributed by atoms with Crippen molar-refractivity contribution in [2.75, 3.05) is 53.7 Å². The van der Waals surface area contributed by atoms with Gasteiger partial charge in [0.1, 0.15) is 30.2 Å². The number of ether oxygens (including phenoxy) is 4. The predicted molar refractivity (Wildman–Crippen MR) is 160 cm³/mol. The highest BCUT2D eigenvalue weighted by Crippen LogP contribution is 2.41. The van der Waals surface area contributed by atoms with Crippen molar-refractivity contribution < 1.29 is 28.5 Å². The number of fused-ring (bicyclic) bond motifs is 12. The summed E-state index contributed by atoms with van der Waals surface area (Å²) in [6.45, 7) is 5.42. The smallest absolute Gasteiger partial charge is 0.273 e. The molecule has 10 heteroatoms. The lowest BCUT2D eigenvalue weighted by molar-refractivity contribution is -0.134.